The molecule has 2 rings (SSSR count). The summed E-state index contributed by atoms with van der Waals surface area (Å²) in [5.74, 6) is -0.104. The van der Waals surface area contributed by atoms with Gasteiger partial charge in [0.1, 0.15) is 0 Å². The third-order valence-electron chi connectivity index (χ3n) is 2.39. The van der Waals surface area contributed by atoms with Gasteiger partial charge in [-0.25, -0.2) is 8.42 Å². The highest BCUT2D eigenvalue weighted by Gasteiger charge is 2.11. The number of hydrogen-bond donors (Lipinski definition) is 1. The van der Waals surface area contributed by atoms with Crippen LogP contribution in [0.2, 0.25) is 10.0 Å². The van der Waals surface area contributed by atoms with E-state index in [1.54, 1.807) is 48.5 Å². The minimum Gasteiger partial charge on any atom is -0.283 e. The molecule has 0 spiro atoms. The standard InChI is InChI=1S/C13H11Cl2NO2S/c14-11-3-1-10(2-4-11)9-19(17,18)16-13-7-5-12(15)6-8-13/h1-8,16H,9H2. The molecule has 0 unspecified atom stereocenters. The summed E-state index contributed by atoms with van der Waals surface area (Å²) in [6.45, 7) is 0. The second kappa shape index (κ2) is 5.82. The van der Waals surface area contributed by atoms with Crippen LogP contribution in [0.3, 0.4) is 0 Å². The van der Waals surface area contributed by atoms with E-state index in [2.05, 4.69) is 4.72 Å². The lowest BCUT2D eigenvalue weighted by Crippen LogP contribution is -2.14. The molecule has 0 saturated carbocycles. The number of halogens is 2. The molecule has 6 heteroatoms. The first kappa shape index (κ1) is 14.2. The van der Waals surface area contributed by atoms with Crippen LogP contribution in [-0.4, -0.2) is 8.42 Å². The van der Waals surface area contributed by atoms with Crippen molar-refractivity contribution in [2.24, 2.45) is 0 Å². The Morgan fingerprint density at radius 1 is 0.842 bits per heavy atom. The number of anilines is 1. The Morgan fingerprint density at radius 3 is 1.84 bits per heavy atom. The van der Waals surface area contributed by atoms with Gasteiger partial charge >= 0.3 is 0 Å². The summed E-state index contributed by atoms with van der Waals surface area (Å²) in [6.07, 6.45) is 0. The summed E-state index contributed by atoms with van der Waals surface area (Å²) in [6, 6.07) is 13.2. The maximum atomic E-state index is 12.0. The molecular weight excluding hydrogens is 305 g/mol. The van der Waals surface area contributed by atoms with E-state index in [4.69, 9.17) is 23.2 Å². The molecule has 0 bridgehead atoms. The van der Waals surface area contributed by atoms with Gasteiger partial charge in [-0.3, -0.25) is 4.72 Å². The Balaban J connectivity index is 2.10. The van der Waals surface area contributed by atoms with Gasteiger partial charge in [0, 0.05) is 15.7 Å². The van der Waals surface area contributed by atoms with Gasteiger partial charge in [-0.05, 0) is 42.0 Å². The Labute approximate surface area is 122 Å². The molecule has 2 aromatic carbocycles. The normalized spacial score (nSPS) is 11.3. The van der Waals surface area contributed by atoms with Crippen LogP contribution in [-0.2, 0) is 15.8 Å². The van der Waals surface area contributed by atoms with Crippen LogP contribution >= 0.6 is 23.2 Å². The lowest BCUT2D eigenvalue weighted by atomic mass is 10.2. The number of rotatable bonds is 4. The zero-order chi connectivity index (χ0) is 13.9. The van der Waals surface area contributed by atoms with Crippen molar-refractivity contribution in [1.82, 2.24) is 0 Å². The SMILES string of the molecule is O=S(=O)(Cc1ccc(Cl)cc1)Nc1ccc(Cl)cc1. The average molecular weight is 316 g/mol. The Morgan fingerprint density at radius 2 is 1.32 bits per heavy atom. The van der Waals surface area contributed by atoms with E-state index in [-0.39, 0.29) is 5.75 Å². The average Bonchev–Trinajstić information content (AvgIpc) is 2.34. The maximum Gasteiger partial charge on any atom is 0.236 e. The van der Waals surface area contributed by atoms with Gasteiger partial charge in [-0.2, -0.15) is 0 Å². The Hall–Kier alpha value is -1.23. The summed E-state index contributed by atoms with van der Waals surface area (Å²) in [7, 11) is -3.45. The van der Waals surface area contributed by atoms with Gasteiger partial charge < -0.3 is 0 Å². The minimum atomic E-state index is -3.45. The fourth-order valence-corrected chi connectivity index (χ4v) is 2.98. The van der Waals surface area contributed by atoms with E-state index in [0.717, 1.165) is 0 Å². The number of hydrogen-bond acceptors (Lipinski definition) is 2. The molecule has 0 aliphatic carbocycles. The van der Waals surface area contributed by atoms with E-state index in [9.17, 15) is 8.42 Å². The van der Waals surface area contributed by atoms with Gasteiger partial charge in [0.2, 0.25) is 10.0 Å². The van der Waals surface area contributed by atoms with Crippen molar-refractivity contribution in [3.05, 3.63) is 64.1 Å². The molecule has 0 aliphatic rings. The Bertz CT molecular complexity index is 599. The third-order valence-corrected chi connectivity index (χ3v) is 4.15. The highest BCUT2D eigenvalue weighted by Crippen LogP contribution is 2.17. The molecule has 0 saturated heterocycles. The monoisotopic (exact) mass is 315 g/mol. The van der Waals surface area contributed by atoms with E-state index in [0.29, 0.717) is 21.3 Å². The molecule has 0 heterocycles. The van der Waals surface area contributed by atoms with Crippen LogP contribution in [0, 0.1) is 0 Å². The maximum absolute atomic E-state index is 12.0. The molecule has 0 amide bonds. The molecule has 3 nitrogen and oxygen atoms in total. The highest BCUT2D eigenvalue weighted by atomic mass is 35.5. The molecule has 2 aromatic rings. The molecule has 19 heavy (non-hydrogen) atoms. The summed E-state index contributed by atoms with van der Waals surface area (Å²) in [5, 5.41) is 1.13. The summed E-state index contributed by atoms with van der Waals surface area (Å²) in [4.78, 5) is 0. The van der Waals surface area contributed by atoms with Crippen molar-refractivity contribution in [3.8, 4) is 0 Å². The van der Waals surface area contributed by atoms with Gasteiger partial charge in [0.25, 0.3) is 0 Å². The topological polar surface area (TPSA) is 46.2 Å². The molecular formula is C13H11Cl2NO2S. The van der Waals surface area contributed by atoms with Crippen molar-refractivity contribution in [2.75, 3.05) is 4.72 Å². The molecule has 0 aliphatic heterocycles. The highest BCUT2D eigenvalue weighted by molar-refractivity contribution is 7.91. The first-order valence-corrected chi connectivity index (χ1v) is 7.86. The quantitative estimate of drug-likeness (QED) is 0.929. The largest absolute Gasteiger partial charge is 0.283 e. The lowest BCUT2D eigenvalue weighted by molar-refractivity contribution is 0.600. The van der Waals surface area contributed by atoms with Gasteiger partial charge in [0.05, 0.1) is 5.75 Å². The molecule has 1 N–H and O–H groups in total. The fraction of sp³-hybridized carbons (Fsp3) is 0.0769. The van der Waals surface area contributed by atoms with Gasteiger partial charge in [-0.15, -0.1) is 0 Å². The fourth-order valence-electron chi connectivity index (χ4n) is 1.53. The van der Waals surface area contributed by atoms with Crippen molar-refractivity contribution in [2.45, 2.75) is 5.75 Å². The molecule has 0 radical (unpaired) electrons. The Kier molecular flexibility index (Phi) is 4.34. The van der Waals surface area contributed by atoms with Gasteiger partial charge in [-0.1, -0.05) is 35.3 Å². The third kappa shape index (κ3) is 4.42. The van der Waals surface area contributed by atoms with Crippen molar-refractivity contribution in [3.63, 3.8) is 0 Å². The lowest BCUT2D eigenvalue weighted by Gasteiger charge is -2.08. The van der Waals surface area contributed by atoms with Crippen LogP contribution in [0.1, 0.15) is 5.56 Å². The second-order valence-electron chi connectivity index (χ2n) is 3.99. The summed E-state index contributed by atoms with van der Waals surface area (Å²) < 4.78 is 26.4. The van der Waals surface area contributed by atoms with Crippen LogP contribution < -0.4 is 4.72 Å². The summed E-state index contributed by atoms with van der Waals surface area (Å²) in [5.41, 5.74) is 1.16. The van der Waals surface area contributed by atoms with Gasteiger partial charge in [0.15, 0.2) is 0 Å². The zero-order valence-corrected chi connectivity index (χ0v) is 12.1. The molecule has 0 fully saturated rings. The summed E-state index contributed by atoms with van der Waals surface area (Å²) >= 11 is 11.5. The predicted octanol–water partition coefficient (Wildman–Crippen LogP) is 3.94. The van der Waals surface area contributed by atoms with Crippen LogP contribution in [0.4, 0.5) is 5.69 Å². The second-order valence-corrected chi connectivity index (χ2v) is 6.59. The number of benzene rings is 2. The minimum absolute atomic E-state index is 0.104. The van der Waals surface area contributed by atoms with E-state index in [1.165, 1.54) is 0 Å². The number of sulfonamides is 1. The predicted molar refractivity (Wildman–Crippen MR) is 79.2 cm³/mol. The first-order chi connectivity index (χ1) is 8.94. The van der Waals surface area contributed by atoms with E-state index < -0.39 is 10.0 Å². The smallest absolute Gasteiger partial charge is 0.236 e. The number of nitrogens with one attached hydrogen (secondary N) is 1. The van der Waals surface area contributed by atoms with E-state index >= 15 is 0 Å². The van der Waals surface area contributed by atoms with Crippen molar-refractivity contribution >= 4 is 38.9 Å². The van der Waals surface area contributed by atoms with Crippen LogP contribution in [0.5, 0.6) is 0 Å². The van der Waals surface area contributed by atoms with Crippen molar-refractivity contribution in [1.29, 1.82) is 0 Å². The van der Waals surface area contributed by atoms with E-state index in [1.807, 2.05) is 0 Å². The zero-order valence-electron chi connectivity index (χ0n) is 9.81. The van der Waals surface area contributed by atoms with Crippen LogP contribution in [0.25, 0.3) is 0 Å². The van der Waals surface area contributed by atoms with Crippen LogP contribution in [0.15, 0.2) is 48.5 Å². The van der Waals surface area contributed by atoms with Crippen molar-refractivity contribution < 1.29 is 8.42 Å². The molecule has 0 aromatic heterocycles. The first-order valence-electron chi connectivity index (χ1n) is 5.45. The molecule has 100 valence electrons. The molecule has 0 atom stereocenters.